The van der Waals surface area contributed by atoms with Crippen LogP contribution < -0.4 is 9.80 Å². The lowest BCUT2D eigenvalue weighted by atomic mass is 10.0. The Balaban J connectivity index is 1.69. The van der Waals surface area contributed by atoms with Gasteiger partial charge in [0, 0.05) is 12.2 Å². The Bertz CT molecular complexity index is 1210. The molecule has 2 heterocycles. The van der Waals surface area contributed by atoms with Gasteiger partial charge in [-0.15, -0.1) is 0 Å². The molecule has 0 atom stereocenters. The van der Waals surface area contributed by atoms with E-state index >= 15 is 0 Å². The number of fused-ring (bicyclic) bond motifs is 1. The van der Waals surface area contributed by atoms with Crippen molar-refractivity contribution < 1.29 is 9.59 Å². The molecule has 0 saturated carbocycles. The van der Waals surface area contributed by atoms with Crippen LogP contribution in [0.5, 0.6) is 0 Å². The van der Waals surface area contributed by atoms with E-state index in [2.05, 4.69) is 6.07 Å². The van der Waals surface area contributed by atoms with Crippen LogP contribution >= 0.6 is 0 Å². The quantitative estimate of drug-likeness (QED) is 0.607. The van der Waals surface area contributed by atoms with Gasteiger partial charge in [0.2, 0.25) is 0 Å². The van der Waals surface area contributed by atoms with Gasteiger partial charge in [-0.05, 0) is 55.2 Å². The van der Waals surface area contributed by atoms with E-state index in [1.807, 2.05) is 85.5 Å². The molecule has 0 radical (unpaired) electrons. The van der Waals surface area contributed by atoms with Crippen LogP contribution in [-0.4, -0.2) is 18.4 Å². The lowest BCUT2D eigenvalue weighted by Gasteiger charge is -2.22. The Morgan fingerprint density at radius 1 is 0.767 bits per heavy atom. The fraction of sp³-hybridized carbons (Fsp3) is 0.154. The van der Waals surface area contributed by atoms with Crippen molar-refractivity contribution in [1.82, 2.24) is 0 Å². The molecule has 0 N–H and O–H groups in total. The predicted molar refractivity (Wildman–Crippen MR) is 119 cm³/mol. The Morgan fingerprint density at radius 3 is 2.30 bits per heavy atom. The van der Waals surface area contributed by atoms with Crippen molar-refractivity contribution in [3.05, 3.63) is 101 Å². The van der Waals surface area contributed by atoms with E-state index < -0.39 is 0 Å². The van der Waals surface area contributed by atoms with Gasteiger partial charge >= 0.3 is 0 Å². The number of aryl methyl sites for hydroxylation is 2. The van der Waals surface area contributed by atoms with Gasteiger partial charge in [0.15, 0.2) is 0 Å². The summed E-state index contributed by atoms with van der Waals surface area (Å²) in [5.41, 5.74) is 6.63. The number of hydrogen-bond acceptors (Lipinski definition) is 3. The number of carbonyl (C=O) groups excluding carboxylic acids is 2. The first-order valence-corrected chi connectivity index (χ1v) is 10.2. The van der Waals surface area contributed by atoms with Crippen molar-refractivity contribution in [2.45, 2.75) is 20.3 Å². The number of para-hydroxylation sites is 1. The van der Waals surface area contributed by atoms with Crippen LogP contribution in [0.25, 0.3) is 5.57 Å². The third kappa shape index (κ3) is 2.84. The zero-order valence-electron chi connectivity index (χ0n) is 17.1. The second-order valence-corrected chi connectivity index (χ2v) is 7.90. The van der Waals surface area contributed by atoms with Crippen molar-refractivity contribution in [2.24, 2.45) is 0 Å². The molecule has 2 aliphatic heterocycles. The van der Waals surface area contributed by atoms with Gasteiger partial charge in [-0.3, -0.25) is 9.59 Å². The molecule has 2 amide bonds. The van der Waals surface area contributed by atoms with E-state index in [0.717, 1.165) is 28.8 Å². The van der Waals surface area contributed by atoms with E-state index in [9.17, 15) is 9.59 Å². The van der Waals surface area contributed by atoms with Crippen LogP contribution in [0.4, 0.5) is 11.4 Å². The predicted octanol–water partition coefficient (Wildman–Crippen LogP) is 4.65. The maximum Gasteiger partial charge on any atom is 0.282 e. The fourth-order valence-electron chi connectivity index (χ4n) is 4.32. The van der Waals surface area contributed by atoms with Gasteiger partial charge in [0.05, 0.1) is 11.3 Å². The normalized spacial score (nSPS) is 15.9. The first-order chi connectivity index (χ1) is 14.5. The molecule has 4 heteroatoms. The average Bonchev–Trinajstić information content (AvgIpc) is 3.27. The van der Waals surface area contributed by atoms with Crippen LogP contribution in [0.1, 0.15) is 22.3 Å². The number of carbonyl (C=O) groups is 2. The SMILES string of the molecule is Cc1ccc(C2=C(N3CCc4ccccc43)C(=O)N(c3cccc(C)c3)C2=O)cc1. The zero-order chi connectivity index (χ0) is 20.8. The number of nitrogens with zero attached hydrogens (tertiary/aromatic N) is 2. The summed E-state index contributed by atoms with van der Waals surface area (Å²) in [6.07, 6.45) is 0.854. The van der Waals surface area contributed by atoms with Crippen LogP contribution in [0.2, 0.25) is 0 Å². The monoisotopic (exact) mass is 394 g/mol. The van der Waals surface area contributed by atoms with E-state index in [-0.39, 0.29) is 11.8 Å². The first kappa shape index (κ1) is 18.4. The molecule has 5 rings (SSSR count). The number of imide groups is 1. The summed E-state index contributed by atoms with van der Waals surface area (Å²) in [6, 6.07) is 23.4. The summed E-state index contributed by atoms with van der Waals surface area (Å²) in [7, 11) is 0. The fourth-order valence-corrected chi connectivity index (χ4v) is 4.32. The molecule has 0 aliphatic carbocycles. The second kappa shape index (κ2) is 6.99. The molecule has 3 aromatic rings. The van der Waals surface area contributed by atoms with Gasteiger partial charge < -0.3 is 4.90 Å². The van der Waals surface area contributed by atoms with E-state index in [0.29, 0.717) is 23.5 Å². The number of rotatable bonds is 3. The van der Waals surface area contributed by atoms with Crippen molar-refractivity contribution >= 4 is 28.8 Å². The number of benzene rings is 3. The highest BCUT2D eigenvalue weighted by Crippen LogP contribution is 2.40. The van der Waals surface area contributed by atoms with E-state index in [1.165, 1.54) is 10.5 Å². The summed E-state index contributed by atoms with van der Waals surface area (Å²) in [5, 5.41) is 0. The third-order valence-corrected chi connectivity index (χ3v) is 5.82. The molecule has 148 valence electrons. The molecule has 30 heavy (non-hydrogen) atoms. The number of amides is 2. The highest BCUT2D eigenvalue weighted by atomic mass is 16.2. The average molecular weight is 394 g/mol. The molecule has 2 aliphatic rings. The van der Waals surface area contributed by atoms with Crippen LogP contribution in [0, 0.1) is 13.8 Å². The van der Waals surface area contributed by atoms with Gasteiger partial charge in [-0.2, -0.15) is 0 Å². The van der Waals surface area contributed by atoms with E-state index in [4.69, 9.17) is 0 Å². The Kier molecular flexibility index (Phi) is 4.28. The molecule has 3 aromatic carbocycles. The smallest absolute Gasteiger partial charge is 0.282 e. The molecule has 0 aromatic heterocycles. The molecule has 0 saturated heterocycles. The first-order valence-electron chi connectivity index (χ1n) is 10.2. The zero-order valence-corrected chi connectivity index (χ0v) is 17.1. The topological polar surface area (TPSA) is 40.6 Å². The Labute approximate surface area is 176 Å². The van der Waals surface area contributed by atoms with Crippen LogP contribution in [0.15, 0.2) is 78.5 Å². The lowest BCUT2D eigenvalue weighted by molar-refractivity contribution is -0.120. The van der Waals surface area contributed by atoms with Gasteiger partial charge in [0.25, 0.3) is 11.8 Å². The minimum absolute atomic E-state index is 0.266. The summed E-state index contributed by atoms with van der Waals surface area (Å²) in [5.74, 6) is -0.535. The number of hydrogen-bond donors (Lipinski definition) is 0. The molecule has 4 nitrogen and oxygen atoms in total. The third-order valence-electron chi connectivity index (χ3n) is 5.82. The molecular weight excluding hydrogens is 372 g/mol. The Morgan fingerprint density at radius 2 is 1.53 bits per heavy atom. The Hall–Kier alpha value is -3.66. The maximum absolute atomic E-state index is 13.7. The summed E-state index contributed by atoms with van der Waals surface area (Å²) in [6.45, 7) is 4.65. The van der Waals surface area contributed by atoms with Crippen LogP contribution in [0.3, 0.4) is 0 Å². The molecule has 0 bridgehead atoms. The van der Waals surface area contributed by atoms with Crippen LogP contribution in [-0.2, 0) is 16.0 Å². The van der Waals surface area contributed by atoms with E-state index in [1.54, 1.807) is 0 Å². The summed E-state index contributed by atoms with van der Waals surface area (Å²) >= 11 is 0. The summed E-state index contributed by atoms with van der Waals surface area (Å²) in [4.78, 5) is 30.6. The van der Waals surface area contributed by atoms with Crippen molar-refractivity contribution in [3.63, 3.8) is 0 Å². The highest BCUT2D eigenvalue weighted by molar-refractivity contribution is 6.46. The molecular formula is C26H22N2O2. The minimum atomic E-state index is -0.270. The maximum atomic E-state index is 13.7. The summed E-state index contributed by atoms with van der Waals surface area (Å²) < 4.78 is 0. The molecule has 0 spiro atoms. The van der Waals surface area contributed by atoms with Crippen molar-refractivity contribution in [3.8, 4) is 0 Å². The highest BCUT2D eigenvalue weighted by Gasteiger charge is 2.44. The van der Waals surface area contributed by atoms with Gasteiger partial charge in [0.1, 0.15) is 5.70 Å². The van der Waals surface area contributed by atoms with Crippen molar-refractivity contribution in [1.29, 1.82) is 0 Å². The standard InChI is InChI=1S/C26H22N2O2/c1-17-10-12-20(13-11-17)23-24(27-15-14-19-7-3-4-9-22(19)27)26(30)28(25(23)29)21-8-5-6-18(2)16-21/h3-13,16H,14-15H2,1-2H3. The van der Waals surface area contributed by atoms with Gasteiger partial charge in [-0.25, -0.2) is 4.90 Å². The molecule has 0 fully saturated rings. The largest absolute Gasteiger partial charge is 0.336 e. The minimum Gasteiger partial charge on any atom is -0.336 e. The van der Waals surface area contributed by atoms with Gasteiger partial charge in [-0.1, -0.05) is 60.2 Å². The molecule has 0 unspecified atom stereocenters. The number of anilines is 2. The van der Waals surface area contributed by atoms with Crippen molar-refractivity contribution in [2.75, 3.05) is 16.3 Å². The second-order valence-electron chi connectivity index (χ2n) is 7.90. The lowest BCUT2D eigenvalue weighted by Crippen LogP contribution is -2.34.